The Morgan fingerprint density at radius 3 is 1.50 bits per heavy atom. The lowest BCUT2D eigenvalue weighted by molar-refractivity contribution is 0.0697. The Balaban J connectivity index is 3.10. The molecule has 0 aliphatic rings. The first kappa shape index (κ1) is 26.0. The smallest absolute Gasteiger partial charge is 0.336 e. The summed E-state index contributed by atoms with van der Waals surface area (Å²) in [6, 6.07) is 7.94. The minimum atomic E-state index is -0.979. The van der Waals surface area contributed by atoms with E-state index in [1.165, 1.54) is 11.1 Å². The lowest BCUT2D eigenvalue weighted by Crippen LogP contribution is -2.23. The van der Waals surface area contributed by atoms with Gasteiger partial charge in [0.2, 0.25) is 0 Å². The van der Waals surface area contributed by atoms with Crippen LogP contribution in [-0.2, 0) is 21.7 Å². The Bertz CT molecular complexity index is 1030. The second kappa shape index (κ2) is 7.93. The van der Waals surface area contributed by atoms with Crippen LogP contribution < -0.4 is 0 Å². The van der Waals surface area contributed by atoms with Crippen molar-refractivity contribution in [3.8, 4) is 16.9 Å². The summed E-state index contributed by atoms with van der Waals surface area (Å²) in [5.74, 6) is -0.782. The molecule has 0 bridgehead atoms. The Morgan fingerprint density at radius 2 is 1.12 bits per heavy atom. The summed E-state index contributed by atoms with van der Waals surface area (Å²) < 4.78 is 0. The van der Waals surface area contributed by atoms with Gasteiger partial charge in [-0.25, -0.2) is 4.79 Å². The maximum absolute atomic E-state index is 12.5. The maximum Gasteiger partial charge on any atom is 0.336 e. The molecule has 0 fully saturated rings. The predicted molar refractivity (Wildman–Crippen MR) is 135 cm³/mol. The second-order valence-corrected chi connectivity index (χ2v) is 13.1. The highest BCUT2D eigenvalue weighted by atomic mass is 16.4. The molecule has 0 heterocycles. The predicted octanol–water partition coefficient (Wildman–Crippen LogP) is 7.95. The number of hydrogen-bond acceptors (Lipinski definition) is 2. The van der Waals surface area contributed by atoms with E-state index in [2.05, 4.69) is 53.7 Å². The lowest BCUT2D eigenvalue weighted by Gasteiger charge is -2.33. The zero-order valence-corrected chi connectivity index (χ0v) is 22.1. The normalized spacial score (nSPS) is 13.4. The van der Waals surface area contributed by atoms with Crippen molar-refractivity contribution in [2.45, 2.75) is 105 Å². The Hall–Kier alpha value is -2.29. The van der Waals surface area contributed by atoms with Crippen molar-refractivity contribution in [1.82, 2.24) is 0 Å². The fraction of sp³-hybridized carbons (Fsp3) is 0.552. The molecular formula is C29H42O3. The molecule has 32 heavy (non-hydrogen) atoms. The van der Waals surface area contributed by atoms with E-state index in [1.54, 1.807) is 6.07 Å². The number of aromatic hydroxyl groups is 1. The Morgan fingerprint density at radius 1 is 0.656 bits per heavy atom. The number of aromatic carboxylic acids is 1. The van der Waals surface area contributed by atoms with Crippen LogP contribution in [0.25, 0.3) is 11.1 Å². The first-order valence-electron chi connectivity index (χ1n) is 11.5. The third-order valence-corrected chi connectivity index (χ3v) is 6.01. The third-order valence-electron chi connectivity index (χ3n) is 6.01. The summed E-state index contributed by atoms with van der Waals surface area (Å²) in [7, 11) is 0. The molecule has 2 aromatic carbocycles. The van der Waals surface area contributed by atoms with Gasteiger partial charge in [0, 0.05) is 16.7 Å². The number of carboxylic acid groups (broad SMARTS) is 1. The van der Waals surface area contributed by atoms with Gasteiger partial charge in [0.1, 0.15) is 5.75 Å². The number of phenolic OH excluding ortho intramolecular Hbond substituents is 1. The third kappa shape index (κ3) is 5.03. The molecule has 0 amide bonds. The molecule has 0 saturated carbocycles. The number of hydrogen-bond donors (Lipinski definition) is 2. The highest BCUT2D eigenvalue weighted by Gasteiger charge is 2.34. The number of carboxylic acids is 1. The standard InChI is InChI=1S/C29H42O3/c1-26(2,3)19-14-13-17(15-20(19)27(4,5)6)22-18(25(31)32)16-21(28(7,8)9)24(30)23(22)29(10,11)12/h13-16,30H,1-12H3,(H,31,32). The second-order valence-electron chi connectivity index (χ2n) is 13.1. The van der Waals surface area contributed by atoms with Crippen molar-refractivity contribution >= 4 is 5.97 Å². The van der Waals surface area contributed by atoms with E-state index in [4.69, 9.17) is 0 Å². The summed E-state index contributed by atoms with van der Waals surface area (Å²) >= 11 is 0. The number of rotatable bonds is 2. The van der Waals surface area contributed by atoms with E-state index in [0.717, 1.165) is 5.56 Å². The van der Waals surface area contributed by atoms with Gasteiger partial charge < -0.3 is 10.2 Å². The SMILES string of the molecule is CC(C)(C)c1ccc(-c2c(C(=O)O)cc(C(C)(C)C)c(O)c2C(C)(C)C)cc1C(C)(C)C. The molecule has 2 aromatic rings. The van der Waals surface area contributed by atoms with Crippen LogP contribution in [0.1, 0.15) is 116 Å². The average molecular weight is 439 g/mol. The molecule has 176 valence electrons. The molecule has 0 aliphatic heterocycles. The summed E-state index contributed by atoms with van der Waals surface area (Å²) in [6.45, 7) is 25.2. The highest BCUT2D eigenvalue weighted by Crippen LogP contribution is 2.47. The number of carbonyl (C=O) groups is 1. The Kier molecular flexibility index (Phi) is 6.44. The summed E-state index contributed by atoms with van der Waals surface area (Å²) in [5, 5.41) is 21.7. The molecule has 3 nitrogen and oxygen atoms in total. The largest absolute Gasteiger partial charge is 0.507 e. The van der Waals surface area contributed by atoms with E-state index in [1.807, 2.05) is 47.6 Å². The van der Waals surface area contributed by atoms with Crippen molar-refractivity contribution in [2.75, 3.05) is 0 Å². The fourth-order valence-electron chi connectivity index (χ4n) is 4.42. The van der Waals surface area contributed by atoms with Gasteiger partial charge in [-0.1, -0.05) is 101 Å². The van der Waals surface area contributed by atoms with Crippen molar-refractivity contribution in [2.24, 2.45) is 0 Å². The van der Waals surface area contributed by atoms with Crippen LogP contribution in [0.5, 0.6) is 5.75 Å². The van der Waals surface area contributed by atoms with Gasteiger partial charge in [0.05, 0.1) is 5.56 Å². The van der Waals surface area contributed by atoms with Crippen LogP contribution in [0.15, 0.2) is 24.3 Å². The van der Waals surface area contributed by atoms with Gasteiger partial charge in [0.25, 0.3) is 0 Å². The molecule has 2 N–H and O–H groups in total. The lowest BCUT2D eigenvalue weighted by atomic mass is 9.71. The summed E-state index contributed by atoms with van der Waals surface area (Å²) in [5.41, 5.74) is 4.48. The van der Waals surface area contributed by atoms with E-state index >= 15 is 0 Å². The van der Waals surface area contributed by atoms with Gasteiger partial charge in [-0.2, -0.15) is 0 Å². The molecule has 0 saturated heterocycles. The Labute approximate surface area is 194 Å². The molecule has 0 radical (unpaired) electrons. The van der Waals surface area contributed by atoms with E-state index in [9.17, 15) is 15.0 Å². The van der Waals surface area contributed by atoms with Crippen molar-refractivity contribution < 1.29 is 15.0 Å². The fourth-order valence-corrected chi connectivity index (χ4v) is 4.42. The number of phenols is 1. The average Bonchev–Trinajstić information content (AvgIpc) is 2.56. The van der Waals surface area contributed by atoms with Crippen LogP contribution in [0, 0.1) is 0 Å². The zero-order valence-electron chi connectivity index (χ0n) is 22.1. The van der Waals surface area contributed by atoms with Crippen LogP contribution in [0.2, 0.25) is 0 Å². The molecule has 0 unspecified atom stereocenters. The molecule has 0 aliphatic carbocycles. The van der Waals surface area contributed by atoms with Gasteiger partial charge in [-0.3, -0.25) is 0 Å². The van der Waals surface area contributed by atoms with E-state index in [-0.39, 0.29) is 27.6 Å². The van der Waals surface area contributed by atoms with Crippen LogP contribution in [0.4, 0.5) is 0 Å². The first-order chi connectivity index (χ1) is 14.2. The van der Waals surface area contributed by atoms with Crippen molar-refractivity contribution in [1.29, 1.82) is 0 Å². The van der Waals surface area contributed by atoms with E-state index < -0.39 is 11.4 Å². The van der Waals surface area contributed by atoms with Crippen molar-refractivity contribution in [3.05, 3.63) is 52.1 Å². The van der Waals surface area contributed by atoms with Crippen LogP contribution >= 0.6 is 0 Å². The van der Waals surface area contributed by atoms with Gasteiger partial charge in [-0.15, -0.1) is 0 Å². The molecule has 3 heteroatoms. The number of benzene rings is 2. The molecule has 0 aromatic heterocycles. The quantitative estimate of drug-likeness (QED) is 0.500. The van der Waals surface area contributed by atoms with Gasteiger partial charge in [0.15, 0.2) is 0 Å². The van der Waals surface area contributed by atoms with Crippen LogP contribution in [-0.4, -0.2) is 16.2 Å². The van der Waals surface area contributed by atoms with Crippen molar-refractivity contribution in [3.63, 3.8) is 0 Å². The minimum Gasteiger partial charge on any atom is -0.507 e. The molecular weight excluding hydrogens is 396 g/mol. The zero-order chi connectivity index (χ0) is 25.0. The molecule has 2 rings (SSSR count). The maximum atomic E-state index is 12.5. The summed E-state index contributed by atoms with van der Waals surface area (Å²) in [4.78, 5) is 12.5. The minimum absolute atomic E-state index is 0.0398. The topological polar surface area (TPSA) is 57.5 Å². The van der Waals surface area contributed by atoms with Gasteiger partial charge >= 0.3 is 5.97 Å². The monoisotopic (exact) mass is 438 g/mol. The summed E-state index contributed by atoms with van der Waals surface area (Å²) in [6.07, 6.45) is 0. The first-order valence-corrected chi connectivity index (χ1v) is 11.5. The molecule has 0 spiro atoms. The van der Waals surface area contributed by atoms with E-state index in [0.29, 0.717) is 16.7 Å². The molecule has 0 atom stereocenters. The highest BCUT2D eigenvalue weighted by molar-refractivity contribution is 5.99. The van der Waals surface area contributed by atoms with Crippen LogP contribution in [0.3, 0.4) is 0 Å². The van der Waals surface area contributed by atoms with Gasteiger partial charge in [-0.05, 0) is 44.4 Å².